The molecule has 1 saturated heterocycles. The van der Waals surface area contributed by atoms with Crippen LogP contribution in [0.2, 0.25) is 0 Å². The lowest BCUT2D eigenvalue weighted by Crippen LogP contribution is -2.62. The number of amides is 9. The number of nitrogens with two attached hydrogens (primary N) is 2. The average Bonchev–Trinajstić information content (AvgIpc) is 3.20. The van der Waals surface area contributed by atoms with E-state index in [4.69, 9.17) is 11.5 Å². The number of hydrogen-bond acceptors (Lipinski definition) is 14. The number of aliphatic hydroxyl groups excluding tert-OH is 2. The highest BCUT2D eigenvalue weighted by Gasteiger charge is 2.36. The molecule has 23 heteroatoms. The number of hydrogen-bond donors (Lipinski definition) is 12. The Morgan fingerprint density at radius 2 is 1.28 bits per heavy atom. The Balaban J connectivity index is 2.46. The molecule has 0 bridgehead atoms. The predicted octanol–water partition coefficient (Wildman–Crippen LogP) is -5.08. The summed E-state index contributed by atoms with van der Waals surface area (Å²) in [7, 11) is 0. The Kier molecular flexibility index (Phi) is 21.3. The molecule has 338 valence electrons. The van der Waals surface area contributed by atoms with Crippen LogP contribution in [0, 0.1) is 11.8 Å². The van der Waals surface area contributed by atoms with Gasteiger partial charge >= 0.3 is 0 Å². The van der Waals surface area contributed by atoms with Crippen molar-refractivity contribution in [2.45, 2.75) is 102 Å². The minimum Gasteiger partial charge on any atom is -0.394 e. The summed E-state index contributed by atoms with van der Waals surface area (Å²) >= 11 is 0.543. The Hall–Kier alpha value is -5.65. The molecule has 0 spiro atoms. The molecule has 9 amide bonds. The number of benzene rings is 1. The van der Waals surface area contributed by atoms with Crippen LogP contribution in [0.3, 0.4) is 0 Å². The lowest BCUT2D eigenvalue weighted by atomic mass is 10.0. The second-order valence-corrected chi connectivity index (χ2v) is 16.1. The molecule has 0 aliphatic carbocycles. The van der Waals surface area contributed by atoms with Gasteiger partial charge in [-0.05, 0) is 30.7 Å². The van der Waals surface area contributed by atoms with Crippen molar-refractivity contribution in [2.75, 3.05) is 25.5 Å². The van der Waals surface area contributed by atoms with Crippen LogP contribution in [0.15, 0.2) is 30.3 Å². The summed E-state index contributed by atoms with van der Waals surface area (Å²) in [6.45, 7) is 5.59. The lowest BCUT2D eigenvalue weighted by molar-refractivity contribution is -0.136. The molecule has 61 heavy (non-hydrogen) atoms. The average molecular weight is 879 g/mol. The van der Waals surface area contributed by atoms with Crippen LogP contribution in [0.5, 0.6) is 0 Å². The predicted molar refractivity (Wildman–Crippen MR) is 220 cm³/mol. The van der Waals surface area contributed by atoms with Gasteiger partial charge in [0.25, 0.3) is 0 Å². The van der Waals surface area contributed by atoms with E-state index in [2.05, 4.69) is 42.5 Å². The summed E-state index contributed by atoms with van der Waals surface area (Å²) in [6.07, 6.45) is -0.634. The van der Waals surface area contributed by atoms with E-state index in [1.807, 2.05) is 0 Å². The standard InChI is InChI=1S/C38H58N10O12S/c1-18(2)11-22-33(55)44-24(12-21-9-7-6-8-10-21)38(60)61-17-27(36(58)46-26(16-50)35(57)45-25(15-49)34(56)42-22)47-31(53)20(5)41-32(54)23(13-28(40)51)43-37(59)30(19(3)4)48-29(52)14-39/h6-10,18-20,22-27,30,49-50H,11-17,39H2,1-5H3,(H2,40,51)(H,41,54)(H,42,56)(H,43,59)(H,44,55)(H,45,57)(H,46,58)(H,47,53)(H,48,52)/t20-,22?,23-,24?,25-,26?,27-,30-/m0/s1. The molecule has 1 aliphatic rings. The third-order valence-corrected chi connectivity index (χ3v) is 10.2. The Morgan fingerprint density at radius 3 is 1.80 bits per heavy atom. The molecular weight excluding hydrogens is 821 g/mol. The van der Waals surface area contributed by atoms with Crippen molar-refractivity contribution < 1.29 is 58.2 Å². The van der Waals surface area contributed by atoms with Crippen molar-refractivity contribution in [3.8, 4) is 0 Å². The molecule has 1 aromatic carbocycles. The van der Waals surface area contributed by atoms with Gasteiger partial charge in [-0.25, -0.2) is 0 Å². The minimum absolute atomic E-state index is 0.0186. The van der Waals surface area contributed by atoms with Gasteiger partial charge in [-0.3, -0.25) is 47.9 Å². The fraction of sp³-hybridized carbons (Fsp3) is 0.579. The third-order valence-electron chi connectivity index (χ3n) is 9.12. The van der Waals surface area contributed by atoms with Gasteiger partial charge in [0.2, 0.25) is 58.3 Å². The number of carbonyl (C=O) groups is 10. The van der Waals surface area contributed by atoms with Gasteiger partial charge in [-0.2, -0.15) is 0 Å². The van der Waals surface area contributed by atoms with Crippen molar-refractivity contribution in [1.82, 2.24) is 42.5 Å². The number of primary amides is 1. The van der Waals surface area contributed by atoms with Crippen molar-refractivity contribution in [1.29, 1.82) is 0 Å². The SMILES string of the molecule is CC(C)CC1NC(=O)[C@H](CO)NC(=O)C(CO)NC(=O)[C@@H](NC(=O)[C@H](C)NC(=O)[C@H](CC(N)=O)NC(=O)[C@@H](NC(=O)CN)C(C)C)CSC(=O)C(Cc2ccccc2)NC1=O. The molecule has 14 N–H and O–H groups in total. The van der Waals surface area contributed by atoms with Crippen LogP contribution in [0.4, 0.5) is 0 Å². The largest absolute Gasteiger partial charge is 0.394 e. The van der Waals surface area contributed by atoms with Gasteiger partial charge in [0.1, 0.15) is 48.3 Å². The number of carbonyl (C=O) groups excluding carboxylic acids is 10. The van der Waals surface area contributed by atoms with Gasteiger partial charge in [0.15, 0.2) is 0 Å². The van der Waals surface area contributed by atoms with Crippen LogP contribution >= 0.6 is 11.8 Å². The van der Waals surface area contributed by atoms with E-state index in [9.17, 15) is 58.2 Å². The summed E-state index contributed by atoms with van der Waals surface area (Å²) in [5.74, 6) is -9.67. The van der Waals surface area contributed by atoms with Crippen LogP contribution in [-0.4, -0.2) is 142 Å². The molecule has 1 aromatic rings. The zero-order chi connectivity index (χ0) is 46.0. The fourth-order valence-electron chi connectivity index (χ4n) is 5.79. The highest BCUT2D eigenvalue weighted by atomic mass is 32.2. The molecule has 2 rings (SSSR count). The number of rotatable bonds is 17. The monoisotopic (exact) mass is 878 g/mol. The van der Waals surface area contributed by atoms with Crippen molar-refractivity contribution in [2.24, 2.45) is 23.3 Å². The summed E-state index contributed by atoms with van der Waals surface area (Å²) in [6, 6.07) is -3.16. The van der Waals surface area contributed by atoms with Crippen molar-refractivity contribution in [3.63, 3.8) is 0 Å². The van der Waals surface area contributed by atoms with E-state index in [-0.39, 0.29) is 18.8 Å². The Labute approximate surface area is 357 Å². The first-order chi connectivity index (χ1) is 28.7. The second kappa shape index (κ2) is 25.2. The summed E-state index contributed by atoms with van der Waals surface area (Å²) in [5, 5.41) is 38.5. The summed E-state index contributed by atoms with van der Waals surface area (Å²) in [5.41, 5.74) is 11.3. The lowest BCUT2D eigenvalue weighted by Gasteiger charge is -2.28. The smallest absolute Gasteiger partial charge is 0.245 e. The first-order valence-electron chi connectivity index (χ1n) is 19.5. The maximum atomic E-state index is 13.9. The number of nitrogens with one attached hydrogen (secondary N) is 8. The summed E-state index contributed by atoms with van der Waals surface area (Å²) < 4.78 is 0. The topological polar surface area (TPSA) is 359 Å². The van der Waals surface area contributed by atoms with Gasteiger partial charge in [-0.15, -0.1) is 0 Å². The molecule has 8 atom stereocenters. The molecule has 0 radical (unpaired) electrons. The highest BCUT2D eigenvalue weighted by Crippen LogP contribution is 2.15. The molecule has 22 nitrogen and oxygen atoms in total. The van der Waals surface area contributed by atoms with E-state index in [0.717, 1.165) is 0 Å². The van der Waals surface area contributed by atoms with Crippen LogP contribution < -0.4 is 54.0 Å². The second-order valence-electron chi connectivity index (χ2n) is 15.1. The molecule has 1 aliphatic heterocycles. The zero-order valence-electron chi connectivity index (χ0n) is 34.6. The molecule has 1 heterocycles. The number of aliphatic hydroxyl groups is 2. The maximum absolute atomic E-state index is 13.9. The normalized spacial score (nSPS) is 22.1. The van der Waals surface area contributed by atoms with E-state index in [0.29, 0.717) is 17.3 Å². The van der Waals surface area contributed by atoms with Crippen molar-refractivity contribution >= 4 is 70.0 Å². The maximum Gasteiger partial charge on any atom is 0.245 e. The fourth-order valence-corrected chi connectivity index (χ4v) is 6.70. The first kappa shape index (κ1) is 51.5. The Morgan fingerprint density at radius 1 is 0.738 bits per heavy atom. The summed E-state index contributed by atoms with van der Waals surface area (Å²) in [4.78, 5) is 132. The van der Waals surface area contributed by atoms with Gasteiger partial charge < -0.3 is 64.2 Å². The molecule has 0 aromatic heterocycles. The van der Waals surface area contributed by atoms with Crippen LogP contribution in [0.1, 0.15) is 53.0 Å². The van der Waals surface area contributed by atoms with Gasteiger partial charge in [-0.1, -0.05) is 69.8 Å². The highest BCUT2D eigenvalue weighted by molar-refractivity contribution is 8.13. The number of thioether (sulfide) groups is 1. The van der Waals surface area contributed by atoms with E-state index in [1.165, 1.54) is 6.92 Å². The molecule has 1 fully saturated rings. The molecule has 3 unspecified atom stereocenters. The minimum atomic E-state index is -1.75. The third kappa shape index (κ3) is 17.1. The van der Waals surface area contributed by atoms with Gasteiger partial charge in [0, 0.05) is 12.2 Å². The zero-order valence-corrected chi connectivity index (χ0v) is 35.5. The first-order valence-corrected chi connectivity index (χ1v) is 20.5. The molecule has 0 saturated carbocycles. The Bertz CT molecular complexity index is 1750. The van der Waals surface area contributed by atoms with Gasteiger partial charge in [0.05, 0.1) is 26.2 Å². The van der Waals surface area contributed by atoms with E-state index >= 15 is 0 Å². The van der Waals surface area contributed by atoms with Crippen molar-refractivity contribution in [3.05, 3.63) is 35.9 Å². The quantitative estimate of drug-likeness (QED) is 0.0697. The van der Waals surface area contributed by atoms with E-state index < -0.39 is 144 Å². The van der Waals surface area contributed by atoms with E-state index in [1.54, 1.807) is 58.0 Å². The molecular formula is C38H58N10O12S. The van der Waals surface area contributed by atoms with Crippen LogP contribution in [-0.2, 0) is 54.4 Å². The van der Waals surface area contributed by atoms with Crippen LogP contribution in [0.25, 0.3) is 0 Å².